The molecule has 0 radical (unpaired) electrons. The summed E-state index contributed by atoms with van der Waals surface area (Å²) >= 11 is 0. The number of aromatic nitrogens is 4. The number of rotatable bonds is 7. The van der Waals surface area contributed by atoms with Crippen LogP contribution in [-0.2, 0) is 14.6 Å². The first-order valence-electron chi connectivity index (χ1n) is 9.65. The number of aliphatic hydroxyl groups excluding tert-OH is 3. The summed E-state index contributed by atoms with van der Waals surface area (Å²) in [5, 5.41) is 32.5. The molecule has 166 valence electrons. The van der Waals surface area contributed by atoms with Crippen molar-refractivity contribution in [1.29, 1.82) is 0 Å². The lowest BCUT2D eigenvalue weighted by Crippen LogP contribution is -2.33. The molecule has 1 aliphatic rings. The van der Waals surface area contributed by atoms with Crippen LogP contribution in [0.25, 0.3) is 11.2 Å². The third kappa shape index (κ3) is 4.12. The van der Waals surface area contributed by atoms with Crippen molar-refractivity contribution in [3.63, 3.8) is 0 Å². The molecule has 11 nitrogen and oxygen atoms in total. The molecule has 4 rings (SSSR count). The topological polar surface area (TPSA) is 160 Å². The predicted octanol–water partition coefficient (Wildman–Crippen LogP) is -0.368. The van der Waals surface area contributed by atoms with E-state index in [1.54, 1.807) is 24.3 Å². The largest absolute Gasteiger partial charge is 0.394 e. The standard InChI is InChI=1S/C19H23N5O6S/c1-11-2-4-12(5-3-11)31(28,29)7-6-20-17-14-18(22-9-21-17)24(10-23-14)19-16(27)15(26)13(8-25)30-19/h2-5,9-10,13,15-16,19,25-27H,6-8H2,1H3,(H,20,21,22)/t13-,15-,16-,19-/m1/s1. The maximum atomic E-state index is 12.5. The van der Waals surface area contributed by atoms with E-state index >= 15 is 0 Å². The number of anilines is 1. The van der Waals surface area contributed by atoms with E-state index in [2.05, 4.69) is 20.3 Å². The minimum absolute atomic E-state index is 0.100. The predicted molar refractivity (Wildman–Crippen MR) is 110 cm³/mol. The Bertz CT molecular complexity index is 1170. The minimum atomic E-state index is -3.47. The number of benzene rings is 1. The zero-order chi connectivity index (χ0) is 22.2. The molecule has 1 aliphatic heterocycles. The highest BCUT2D eigenvalue weighted by Gasteiger charge is 2.44. The van der Waals surface area contributed by atoms with Gasteiger partial charge in [-0.3, -0.25) is 4.57 Å². The van der Waals surface area contributed by atoms with E-state index in [1.807, 2.05) is 6.92 Å². The number of ether oxygens (including phenoxy) is 1. The van der Waals surface area contributed by atoms with Crippen LogP contribution in [0.5, 0.6) is 0 Å². The maximum absolute atomic E-state index is 12.5. The van der Waals surface area contributed by atoms with Crippen LogP contribution in [0.4, 0.5) is 5.82 Å². The van der Waals surface area contributed by atoms with Gasteiger partial charge in [-0.2, -0.15) is 0 Å². The summed E-state index contributed by atoms with van der Waals surface area (Å²) in [6.07, 6.45) is -1.78. The molecule has 0 spiro atoms. The van der Waals surface area contributed by atoms with Crippen LogP contribution in [0, 0.1) is 6.92 Å². The molecular weight excluding hydrogens is 426 g/mol. The maximum Gasteiger partial charge on any atom is 0.180 e. The molecule has 1 saturated heterocycles. The van der Waals surface area contributed by atoms with Gasteiger partial charge in [-0.05, 0) is 19.1 Å². The fourth-order valence-electron chi connectivity index (χ4n) is 3.44. The van der Waals surface area contributed by atoms with Gasteiger partial charge in [0.15, 0.2) is 33.0 Å². The molecule has 4 atom stereocenters. The zero-order valence-electron chi connectivity index (χ0n) is 16.7. The van der Waals surface area contributed by atoms with E-state index in [9.17, 15) is 23.7 Å². The van der Waals surface area contributed by atoms with Gasteiger partial charge in [-0.1, -0.05) is 17.7 Å². The summed E-state index contributed by atoms with van der Waals surface area (Å²) in [5.41, 5.74) is 1.66. The van der Waals surface area contributed by atoms with Gasteiger partial charge >= 0.3 is 0 Å². The third-order valence-electron chi connectivity index (χ3n) is 5.19. The second kappa shape index (κ2) is 8.48. The van der Waals surface area contributed by atoms with Gasteiger partial charge in [0.25, 0.3) is 0 Å². The molecule has 12 heteroatoms. The average Bonchev–Trinajstić information content (AvgIpc) is 3.30. The Morgan fingerprint density at radius 2 is 1.87 bits per heavy atom. The van der Waals surface area contributed by atoms with Crippen LogP contribution in [0.2, 0.25) is 0 Å². The summed E-state index contributed by atoms with van der Waals surface area (Å²) < 4.78 is 32.0. The van der Waals surface area contributed by atoms with Crippen LogP contribution >= 0.6 is 0 Å². The van der Waals surface area contributed by atoms with Crippen molar-refractivity contribution in [2.45, 2.75) is 36.4 Å². The number of nitrogens with one attached hydrogen (secondary N) is 1. The van der Waals surface area contributed by atoms with E-state index < -0.39 is 41.0 Å². The van der Waals surface area contributed by atoms with Gasteiger partial charge in [0.2, 0.25) is 0 Å². The highest BCUT2D eigenvalue weighted by molar-refractivity contribution is 7.91. The van der Waals surface area contributed by atoms with Crippen LogP contribution in [0.1, 0.15) is 11.8 Å². The van der Waals surface area contributed by atoms with Crippen LogP contribution < -0.4 is 5.32 Å². The van der Waals surface area contributed by atoms with Gasteiger partial charge in [0.1, 0.15) is 24.6 Å². The third-order valence-corrected chi connectivity index (χ3v) is 6.93. The molecule has 3 aromatic rings. The van der Waals surface area contributed by atoms with Crippen molar-refractivity contribution in [2.24, 2.45) is 0 Å². The van der Waals surface area contributed by atoms with Crippen LogP contribution in [0.15, 0.2) is 41.8 Å². The molecular formula is C19H23N5O6S. The van der Waals surface area contributed by atoms with Gasteiger partial charge in [-0.25, -0.2) is 23.4 Å². The normalized spacial score (nSPS) is 24.0. The molecule has 31 heavy (non-hydrogen) atoms. The van der Waals surface area contributed by atoms with Crippen LogP contribution in [0.3, 0.4) is 0 Å². The Kier molecular flexibility index (Phi) is 5.90. The number of aryl methyl sites for hydroxylation is 1. The Morgan fingerprint density at radius 3 is 2.55 bits per heavy atom. The van der Waals surface area contributed by atoms with Gasteiger partial charge < -0.3 is 25.4 Å². The van der Waals surface area contributed by atoms with E-state index in [1.165, 1.54) is 17.2 Å². The fraction of sp³-hybridized carbons (Fsp3) is 0.421. The van der Waals surface area contributed by atoms with Gasteiger partial charge in [0.05, 0.1) is 23.6 Å². The summed E-state index contributed by atoms with van der Waals surface area (Å²) in [6.45, 7) is 1.54. The SMILES string of the molecule is Cc1ccc(S(=O)(=O)CCNc2ncnc3c2ncn3[C@@H]2O[C@H](CO)[C@@H](O)[C@H]2O)cc1. The minimum Gasteiger partial charge on any atom is -0.394 e. The summed E-state index contributed by atoms with van der Waals surface area (Å²) in [4.78, 5) is 12.8. The van der Waals surface area contributed by atoms with E-state index in [0.717, 1.165) is 5.56 Å². The van der Waals surface area contributed by atoms with Gasteiger partial charge in [0, 0.05) is 6.54 Å². The van der Waals surface area contributed by atoms with Crippen molar-refractivity contribution >= 4 is 26.8 Å². The highest BCUT2D eigenvalue weighted by atomic mass is 32.2. The number of fused-ring (bicyclic) bond motifs is 1. The van der Waals surface area contributed by atoms with Crippen molar-refractivity contribution < 1.29 is 28.5 Å². The molecule has 0 amide bonds. The fourth-order valence-corrected chi connectivity index (χ4v) is 4.60. The molecule has 3 heterocycles. The van der Waals surface area contributed by atoms with Crippen LogP contribution in [-0.4, -0.2) is 80.5 Å². The molecule has 0 aliphatic carbocycles. The number of nitrogens with zero attached hydrogens (tertiary/aromatic N) is 4. The zero-order valence-corrected chi connectivity index (χ0v) is 17.5. The molecule has 4 N–H and O–H groups in total. The Hall–Kier alpha value is -2.64. The summed E-state index contributed by atoms with van der Waals surface area (Å²) in [6, 6.07) is 6.66. The quantitative estimate of drug-likeness (QED) is 0.375. The number of imidazole rings is 1. The Balaban J connectivity index is 1.50. The number of sulfone groups is 1. The number of hydrogen-bond acceptors (Lipinski definition) is 10. The second-order valence-electron chi connectivity index (χ2n) is 7.33. The number of hydrogen-bond donors (Lipinski definition) is 4. The number of aliphatic hydroxyl groups is 3. The first-order valence-corrected chi connectivity index (χ1v) is 11.3. The van der Waals surface area contributed by atoms with E-state index in [-0.39, 0.29) is 17.2 Å². The highest BCUT2D eigenvalue weighted by Crippen LogP contribution is 2.32. The molecule has 0 unspecified atom stereocenters. The summed E-state index contributed by atoms with van der Waals surface area (Å²) in [7, 11) is -3.47. The average molecular weight is 449 g/mol. The molecule has 0 bridgehead atoms. The molecule has 0 saturated carbocycles. The molecule has 2 aromatic heterocycles. The molecule has 1 fully saturated rings. The van der Waals surface area contributed by atoms with Crippen molar-refractivity contribution in [3.05, 3.63) is 42.5 Å². The van der Waals surface area contributed by atoms with Crippen molar-refractivity contribution in [2.75, 3.05) is 24.2 Å². The first kappa shape index (κ1) is 21.6. The molecule has 1 aromatic carbocycles. The van der Waals surface area contributed by atoms with Crippen molar-refractivity contribution in [1.82, 2.24) is 19.5 Å². The first-order chi connectivity index (χ1) is 14.8. The lowest BCUT2D eigenvalue weighted by atomic mass is 10.1. The lowest BCUT2D eigenvalue weighted by molar-refractivity contribution is -0.0511. The lowest BCUT2D eigenvalue weighted by Gasteiger charge is -2.16. The second-order valence-corrected chi connectivity index (χ2v) is 9.44. The van der Waals surface area contributed by atoms with E-state index in [0.29, 0.717) is 17.0 Å². The van der Waals surface area contributed by atoms with Crippen molar-refractivity contribution in [3.8, 4) is 0 Å². The Morgan fingerprint density at radius 1 is 1.13 bits per heavy atom. The van der Waals surface area contributed by atoms with E-state index in [4.69, 9.17) is 4.74 Å². The summed E-state index contributed by atoms with van der Waals surface area (Å²) in [5.74, 6) is 0.187. The van der Waals surface area contributed by atoms with Gasteiger partial charge in [-0.15, -0.1) is 0 Å². The monoisotopic (exact) mass is 449 g/mol. The smallest absolute Gasteiger partial charge is 0.180 e. The Labute approximate surface area is 178 Å².